The molecule has 106 valence electrons. The Morgan fingerprint density at radius 1 is 1.19 bits per heavy atom. The number of hydrogen-bond donors (Lipinski definition) is 1. The SMILES string of the molecule is O=C1Nc2ccccc2C1(F)Cc1cccc([N+](=O)[O-])c1. The number of fused-ring (bicyclic) bond motifs is 1. The van der Waals surface area contributed by atoms with Crippen molar-refractivity contribution in [1.29, 1.82) is 0 Å². The molecule has 1 heterocycles. The molecule has 2 aromatic rings. The van der Waals surface area contributed by atoms with E-state index in [2.05, 4.69) is 5.32 Å². The monoisotopic (exact) mass is 286 g/mol. The summed E-state index contributed by atoms with van der Waals surface area (Å²) in [5.41, 5.74) is -1.22. The van der Waals surface area contributed by atoms with E-state index < -0.39 is 16.5 Å². The van der Waals surface area contributed by atoms with Crippen molar-refractivity contribution in [3.8, 4) is 0 Å². The molecule has 5 nitrogen and oxygen atoms in total. The summed E-state index contributed by atoms with van der Waals surface area (Å²) < 4.78 is 15.1. The van der Waals surface area contributed by atoms with E-state index in [0.29, 0.717) is 11.3 Å². The fourth-order valence-electron chi connectivity index (χ4n) is 2.52. The van der Waals surface area contributed by atoms with Gasteiger partial charge in [-0.3, -0.25) is 14.9 Å². The van der Waals surface area contributed by atoms with Gasteiger partial charge < -0.3 is 5.32 Å². The van der Waals surface area contributed by atoms with Gasteiger partial charge in [0.25, 0.3) is 11.6 Å². The minimum atomic E-state index is -2.20. The van der Waals surface area contributed by atoms with E-state index in [1.807, 2.05) is 0 Å². The van der Waals surface area contributed by atoms with E-state index in [9.17, 15) is 14.9 Å². The molecular formula is C15H11FN2O3. The molecule has 0 spiro atoms. The first-order chi connectivity index (χ1) is 10.0. The molecule has 1 atom stereocenters. The number of carbonyl (C=O) groups is 1. The second kappa shape index (κ2) is 4.66. The zero-order valence-electron chi connectivity index (χ0n) is 10.9. The number of amides is 1. The maximum Gasteiger partial charge on any atom is 0.269 e. The third kappa shape index (κ3) is 2.14. The number of nitro groups is 1. The Kier molecular flexibility index (Phi) is 2.94. The van der Waals surface area contributed by atoms with E-state index >= 15 is 4.39 Å². The number of hydrogen-bond acceptors (Lipinski definition) is 3. The zero-order chi connectivity index (χ0) is 15.0. The van der Waals surface area contributed by atoms with Crippen molar-refractivity contribution < 1.29 is 14.1 Å². The molecule has 2 aromatic carbocycles. The van der Waals surface area contributed by atoms with Gasteiger partial charge in [0.1, 0.15) is 0 Å². The number of halogens is 1. The van der Waals surface area contributed by atoms with Crippen LogP contribution >= 0.6 is 0 Å². The first kappa shape index (κ1) is 13.2. The number of nitro benzene ring substituents is 1. The maximum absolute atomic E-state index is 15.1. The van der Waals surface area contributed by atoms with E-state index in [4.69, 9.17) is 0 Å². The highest BCUT2D eigenvalue weighted by Gasteiger charge is 2.47. The van der Waals surface area contributed by atoms with Gasteiger partial charge >= 0.3 is 0 Å². The number of non-ortho nitro benzene ring substituents is 1. The summed E-state index contributed by atoms with van der Waals surface area (Å²) in [6.07, 6.45) is -0.239. The van der Waals surface area contributed by atoms with Crippen molar-refractivity contribution in [2.45, 2.75) is 12.1 Å². The van der Waals surface area contributed by atoms with Crippen LogP contribution in [-0.4, -0.2) is 10.8 Å². The molecular weight excluding hydrogens is 275 g/mol. The van der Waals surface area contributed by atoms with E-state index in [-0.39, 0.29) is 17.7 Å². The second-order valence-electron chi connectivity index (χ2n) is 4.90. The maximum atomic E-state index is 15.1. The molecule has 0 saturated carbocycles. The number of anilines is 1. The Hall–Kier alpha value is -2.76. The first-order valence-electron chi connectivity index (χ1n) is 6.34. The van der Waals surface area contributed by atoms with Gasteiger partial charge in [-0.25, -0.2) is 4.39 Å². The van der Waals surface area contributed by atoms with Crippen molar-refractivity contribution in [2.75, 3.05) is 5.32 Å². The lowest BCUT2D eigenvalue weighted by atomic mass is 9.90. The molecule has 1 N–H and O–H groups in total. The Balaban J connectivity index is 1.99. The lowest BCUT2D eigenvalue weighted by Gasteiger charge is -2.17. The number of para-hydroxylation sites is 1. The summed E-state index contributed by atoms with van der Waals surface area (Å²) in [5.74, 6) is -0.741. The minimum Gasteiger partial charge on any atom is -0.323 e. The molecule has 0 saturated heterocycles. The molecule has 3 rings (SSSR count). The Morgan fingerprint density at radius 3 is 2.71 bits per heavy atom. The van der Waals surface area contributed by atoms with Crippen molar-refractivity contribution >= 4 is 17.3 Å². The Labute approximate surface area is 119 Å². The van der Waals surface area contributed by atoms with Gasteiger partial charge in [0.15, 0.2) is 0 Å². The molecule has 0 radical (unpaired) electrons. The number of nitrogens with zero attached hydrogens (tertiary/aromatic N) is 1. The smallest absolute Gasteiger partial charge is 0.269 e. The summed E-state index contributed by atoms with van der Waals surface area (Å²) in [4.78, 5) is 22.2. The van der Waals surface area contributed by atoms with Gasteiger partial charge in [0, 0.05) is 29.8 Å². The predicted molar refractivity (Wildman–Crippen MR) is 74.7 cm³/mol. The number of rotatable bonds is 3. The molecule has 1 amide bonds. The summed E-state index contributed by atoms with van der Waals surface area (Å²) >= 11 is 0. The summed E-state index contributed by atoms with van der Waals surface area (Å²) in [7, 11) is 0. The molecule has 0 bridgehead atoms. The van der Waals surface area contributed by atoms with Crippen LogP contribution in [0.5, 0.6) is 0 Å². The Morgan fingerprint density at radius 2 is 1.95 bits per heavy atom. The average molecular weight is 286 g/mol. The van der Waals surface area contributed by atoms with Crippen LogP contribution in [0.1, 0.15) is 11.1 Å². The largest absolute Gasteiger partial charge is 0.323 e. The molecule has 1 unspecified atom stereocenters. The topological polar surface area (TPSA) is 72.2 Å². The van der Waals surface area contributed by atoms with Crippen LogP contribution in [0.15, 0.2) is 48.5 Å². The van der Waals surface area contributed by atoms with Crippen LogP contribution in [0, 0.1) is 10.1 Å². The predicted octanol–water partition coefficient (Wildman–Crippen LogP) is 2.95. The molecule has 0 aliphatic carbocycles. The lowest BCUT2D eigenvalue weighted by molar-refractivity contribution is -0.384. The average Bonchev–Trinajstić information content (AvgIpc) is 2.71. The fourth-order valence-corrected chi connectivity index (χ4v) is 2.52. The molecule has 6 heteroatoms. The highest BCUT2D eigenvalue weighted by molar-refractivity contribution is 6.05. The van der Waals surface area contributed by atoms with E-state index in [1.54, 1.807) is 30.3 Å². The van der Waals surface area contributed by atoms with Crippen molar-refractivity contribution in [3.05, 3.63) is 69.8 Å². The first-order valence-corrected chi connectivity index (χ1v) is 6.34. The van der Waals surface area contributed by atoms with Crippen LogP contribution in [0.2, 0.25) is 0 Å². The number of benzene rings is 2. The van der Waals surface area contributed by atoms with Gasteiger partial charge in [0.2, 0.25) is 5.67 Å². The molecule has 1 aliphatic heterocycles. The van der Waals surface area contributed by atoms with Crippen LogP contribution < -0.4 is 5.32 Å². The number of nitrogens with one attached hydrogen (secondary N) is 1. The summed E-state index contributed by atoms with van der Waals surface area (Å²) in [6.45, 7) is 0. The number of carbonyl (C=O) groups excluding carboxylic acids is 1. The summed E-state index contributed by atoms with van der Waals surface area (Å²) in [5, 5.41) is 13.3. The van der Waals surface area contributed by atoms with Crippen molar-refractivity contribution in [1.82, 2.24) is 0 Å². The van der Waals surface area contributed by atoms with Gasteiger partial charge in [-0.1, -0.05) is 30.3 Å². The minimum absolute atomic E-state index is 0.122. The standard InChI is InChI=1S/C15H11FN2O3/c16-15(9-10-4-3-5-11(8-10)18(20)21)12-6-1-2-7-13(12)17-14(15)19/h1-8H,9H2,(H,17,19). The van der Waals surface area contributed by atoms with Crippen LogP contribution in [0.3, 0.4) is 0 Å². The summed E-state index contributed by atoms with van der Waals surface area (Å²) in [6, 6.07) is 12.2. The van der Waals surface area contributed by atoms with Gasteiger partial charge in [-0.2, -0.15) is 0 Å². The second-order valence-corrected chi connectivity index (χ2v) is 4.90. The highest BCUT2D eigenvalue weighted by atomic mass is 19.1. The van der Waals surface area contributed by atoms with Gasteiger partial charge in [-0.15, -0.1) is 0 Å². The van der Waals surface area contributed by atoms with Crippen LogP contribution in [0.4, 0.5) is 15.8 Å². The fraction of sp³-hybridized carbons (Fsp3) is 0.133. The van der Waals surface area contributed by atoms with Crippen LogP contribution in [0.25, 0.3) is 0 Å². The molecule has 21 heavy (non-hydrogen) atoms. The molecule has 0 fully saturated rings. The van der Waals surface area contributed by atoms with E-state index in [1.165, 1.54) is 18.2 Å². The zero-order valence-corrected chi connectivity index (χ0v) is 10.9. The van der Waals surface area contributed by atoms with Crippen molar-refractivity contribution in [2.24, 2.45) is 0 Å². The third-order valence-electron chi connectivity index (χ3n) is 3.53. The van der Waals surface area contributed by atoms with Crippen molar-refractivity contribution in [3.63, 3.8) is 0 Å². The molecule has 0 aromatic heterocycles. The number of alkyl halides is 1. The van der Waals surface area contributed by atoms with Gasteiger partial charge in [-0.05, 0) is 11.6 Å². The quantitative estimate of drug-likeness (QED) is 0.696. The van der Waals surface area contributed by atoms with Gasteiger partial charge in [0.05, 0.1) is 4.92 Å². The third-order valence-corrected chi connectivity index (χ3v) is 3.53. The lowest BCUT2D eigenvalue weighted by Crippen LogP contribution is -2.31. The van der Waals surface area contributed by atoms with Crippen LogP contribution in [-0.2, 0) is 16.9 Å². The normalized spacial score (nSPS) is 20.0. The highest BCUT2D eigenvalue weighted by Crippen LogP contribution is 2.41. The van der Waals surface area contributed by atoms with E-state index in [0.717, 1.165) is 0 Å². The molecule has 1 aliphatic rings. The Bertz CT molecular complexity index is 747.